The number of amides is 1. The Labute approximate surface area is 188 Å². The average Bonchev–Trinajstić information content (AvgIpc) is 2.82. The van der Waals surface area contributed by atoms with Crippen LogP contribution in [0.3, 0.4) is 0 Å². The van der Waals surface area contributed by atoms with E-state index >= 15 is 0 Å². The van der Waals surface area contributed by atoms with Crippen LogP contribution in [0, 0.1) is 6.92 Å². The van der Waals surface area contributed by atoms with Gasteiger partial charge in [0, 0.05) is 6.54 Å². The van der Waals surface area contributed by atoms with Crippen molar-refractivity contribution in [2.75, 3.05) is 17.4 Å². The summed E-state index contributed by atoms with van der Waals surface area (Å²) in [5, 5.41) is 2.89. The molecule has 0 saturated carbocycles. The number of aryl methyl sites for hydroxylation is 2. The molecule has 1 heterocycles. The van der Waals surface area contributed by atoms with E-state index in [4.69, 9.17) is 4.74 Å². The molecular weight excluding hydrogens is 424 g/mol. The van der Waals surface area contributed by atoms with Crippen LogP contribution in [0.25, 0.3) is 0 Å². The first kappa shape index (κ1) is 21.9. The number of anilines is 1. The summed E-state index contributed by atoms with van der Waals surface area (Å²) in [6, 6.07) is 23.6. The van der Waals surface area contributed by atoms with Crippen molar-refractivity contribution in [3.05, 3.63) is 90.0 Å². The number of benzene rings is 3. The number of fused-ring (bicyclic) bond motifs is 1. The van der Waals surface area contributed by atoms with E-state index in [2.05, 4.69) is 17.4 Å². The van der Waals surface area contributed by atoms with Crippen LogP contribution < -0.4 is 14.4 Å². The van der Waals surface area contributed by atoms with E-state index in [-0.39, 0.29) is 17.3 Å². The summed E-state index contributed by atoms with van der Waals surface area (Å²) < 4.78 is 33.9. The van der Waals surface area contributed by atoms with Crippen molar-refractivity contribution in [2.45, 2.75) is 30.8 Å². The molecule has 1 aliphatic rings. The van der Waals surface area contributed by atoms with Crippen molar-refractivity contribution < 1.29 is 17.9 Å². The Morgan fingerprint density at radius 1 is 1.00 bits per heavy atom. The fraction of sp³-hybridized carbons (Fsp3) is 0.240. The van der Waals surface area contributed by atoms with Crippen molar-refractivity contribution in [1.29, 1.82) is 0 Å². The number of nitrogens with zero attached hydrogens (tertiary/aromatic N) is 1. The Kier molecular flexibility index (Phi) is 6.46. The molecule has 3 aromatic rings. The maximum absolute atomic E-state index is 13.4. The molecule has 4 rings (SSSR count). The molecular formula is C25H26N2O4S. The molecule has 0 saturated heterocycles. The summed E-state index contributed by atoms with van der Waals surface area (Å²) in [5.74, 6) is 0.0514. The zero-order valence-electron chi connectivity index (χ0n) is 17.9. The Balaban J connectivity index is 1.48. The molecule has 1 N–H and O–H groups in total. The minimum atomic E-state index is -3.85. The third kappa shape index (κ3) is 4.78. The highest BCUT2D eigenvalue weighted by molar-refractivity contribution is 7.92. The largest absolute Gasteiger partial charge is 0.476 e. The number of nitrogens with one attached hydrogen (secondary N) is 1. The van der Waals surface area contributed by atoms with Crippen LogP contribution in [0.2, 0.25) is 0 Å². The molecule has 1 aliphatic heterocycles. The van der Waals surface area contributed by atoms with Gasteiger partial charge in [0.2, 0.25) is 0 Å². The maximum atomic E-state index is 13.4. The maximum Gasteiger partial charge on any atom is 0.264 e. The van der Waals surface area contributed by atoms with Gasteiger partial charge in [-0.25, -0.2) is 8.42 Å². The van der Waals surface area contributed by atoms with Crippen molar-refractivity contribution in [1.82, 2.24) is 5.32 Å². The summed E-state index contributed by atoms with van der Waals surface area (Å²) in [6.45, 7) is 2.30. The van der Waals surface area contributed by atoms with Crippen LogP contribution in [0.4, 0.5) is 5.69 Å². The lowest BCUT2D eigenvalue weighted by molar-refractivity contribution is -0.127. The first-order valence-electron chi connectivity index (χ1n) is 10.6. The summed E-state index contributed by atoms with van der Waals surface area (Å²) >= 11 is 0. The van der Waals surface area contributed by atoms with Gasteiger partial charge >= 0.3 is 0 Å². The third-order valence-corrected chi connectivity index (χ3v) is 7.21. The van der Waals surface area contributed by atoms with Gasteiger partial charge in [0.15, 0.2) is 6.10 Å². The molecule has 6 nitrogen and oxygen atoms in total. The standard InChI is InChI=1S/C25H26N2O4S/c1-19-13-15-21(16-14-19)32(29,30)27-18-24(31-23-12-6-5-11-22(23)27)25(28)26-17-7-10-20-8-3-2-4-9-20/h2-6,8-9,11-16,24H,7,10,17-18H2,1H3,(H,26,28). The van der Waals surface area contributed by atoms with E-state index in [9.17, 15) is 13.2 Å². The van der Waals surface area contributed by atoms with Crippen LogP contribution in [0.15, 0.2) is 83.8 Å². The predicted octanol–water partition coefficient (Wildman–Crippen LogP) is 3.70. The van der Waals surface area contributed by atoms with Gasteiger partial charge in [-0.05, 0) is 49.6 Å². The van der Waals surface area contributed by atoms with Gasteiger partial charge in [-0.1, -0.05) is 60.2 Å². The van der Waals surface area contributed by atoms with Crippen molar-refractivity contribution in [3.8, 4) is 5.75 Å². The number of sulfonamides is 1. The zero-order valence-corrected chi connectivity index (χ0v) is 18.7. The van der Waals surface area contributed by atoms with E-state index in [1.165, 1.54) is 9.87 Å². The van der Waals surface area contributed by atoms with Gasteiger partial charge in [-0.3, -0.25) is 9.10 Å². The summed E-state index contributed by atoms with van der Waals surface area (Å²) in [5.41, 5.74) is 2.61. The molecule has 3 aromatic carbocycles. The van der Waals surface area contributed by atoms with Crippen molar-refractivity contribution >= 4 is 21.6 Å². The second-order valence-electron chi connectivity index (χ2n) is 7.80. The number of ether oxygens (including phenoxy) is 1. The van der Waals surface area contributed by atoms with Gasteiger partial charge in [0.1, 0.15) is 5.75 Å². The van der Waals surface area contributed by atoms with E-state index < -0.39 is 16.1 Å². The molecule has 1 amide bonds. The van der Waals surface area contributed by atoms with Crippen molar-refractivity contribution in [2.24, 2.45) is 0 Å². The molecule has 0 aromatic heterocycles. The second-order valence-corrected chi connectivity index (χ2v) is 9.67. The molecule has 1 unspecified atom stereocenters. The first-order valence-corrected chi connectivity index (χ1v) is 12.1. The number of para-hydroxylation sites is 2. The Morgan fingerprint density at radius 2 is 1.69 bits per heavy atom. The fourth-order valence-corrected chi connectivity index (χ4v) is 5.14. The number of hydrogen-bond donors (Lipinski definition) is 1. The molecule has 0 aliphatic carbocycles. The number of carbonyl (C=O) groups excluding carboxylic acids is 1. The number of rotatable bonds is 7. The normalized spacial score (nSPS) is 15.5. The Bertz CT molecular complexity index is 1180. The summed E-state index contributed by atoms with van der Waals surface area (Å²) in [4.78, 5) is 13.0. The average molecular weight is 451 g/mol. The quantitative estimate of drug-likeness (QED) is 0.557. The van der Waals surface area contributed by atoms with E-state index in [1.54, 1.807) is 48.5 Å². The lowest BCUT2D eigenvalue weighted by atomic mass is 10.1. The summed E-state index contributed by atoms with van der Waals surface area (Å²) in [6.07, 6.45) is 0.704. The molecule has 0 spiro atoms. The van der Waals surface area contributed by atoms with E-state index in [1.807, 2.05) is 25.1 Å². The molecule has 7 heteroatoms. The third-order valence-electron chi connectivity index (χ3n) is 5.42. The number of carbonyl (C=O) groups is 1. The van der Waals surface area contributed by atoms with Crippen molar-refractivity contribution in [3.63, 3.8) is 0 Å². The topological polar surface area (TPSA) is 75.7 Å². The van der Waals surface area contributed by atoms with Crippen LogP contribution in [0.1, 0.15) is 17.5 Å². The van der Waals surface area contributed by atoms with Gasteiger partial charge in [-0.2, -0.15) is 0 Å². The Hall–Kier alpha value is -3.32. The summed E-state index contributed by atoms with van der Waals surface area (Å²) in [7, 11) is -3.85. The molecule has 0 fully saturated rings. The highest BCUT2D eigenvalue weighted by Crippen LogP contribution is 2.36. The van der Waals surface area contributed by atoms with Crippen LogP contribution in [-0.4, -0.2) is 33.5 Å². The molecule has 32 heavy (non-hydrogen) atoms. The lowest BCUT2D eigenvalue weighted by Gasteiger charge is -2.34. The van der Waals surface area contributed by atoms with Crippen LogP contribution >= 0.6 is 0 Å². The van der Waals surface area contributed by atoms with Gasteiger partial charge in [0.25, 0.3) is 15.9 Å². The van der Waals surface area contributed by atoms with Gasteiger partial charge in [0.05, 0.1) is 17.1 Å². The lowest BCUT2D eigenvalue weighted by Crippen LogP contribution is -2.50. The molecule has 0 radical (unpaired) electrons. The second kappa shape index (κ2) is 9.44. The first-order chi connectivity index (χ1) is 15.4. The monoisotopic (exact) mass is 450 g/mol. The smallest absolute Gasteiger partial charge is 0.264 e. The fourth-order valence-electron chi connectivity index (χ4n) is 3.67. The van der Waals surface area contributed by atoms with E-state index in [0.29, 0.717) is 18.0 Å². The number of hydrogen-bond acceptors (Lipinski definition) is 4. The highest BCUT2D eigenvalue weighted by Gasteiger charge is 2.37. The molecule has 1 atom stereocenters. The SMILES string of the molecule is Cc1ccc(S(=O)(=O)N2CC(C(=O)NCCCc3ccccc3)Oc3ccccc32)cc1. The van der Waals surface area contributed by atoms with Crippen LogP contribution in [0.5, 0.6) is 5.75 Å². The minimum absolute atomic E-state index is 0.0856. The highest BCUT2D eigenvalue weighted by atomic mass is 32.2. The van der Waals surface area contributed by atoms with E-state index in [0.717, 1.165) is 18.4 Å². The van der Waals surface area contributed by atoms with Crippen LogP contribution in [-0.2, 0) is 21.2 Å². The van der Waals surface area contributed by atoms with Gasteiger partial charge < -0.3 is 10.1 Å². The van der Waals surface area contributed by atoms with Gasteiger partial charge in [-0.15, -0.1) is 0 Å². The zero-order chi connectivity index (χ0) is 22.6. The molecule has 166 valence electrons. The minimum Gasteiger partial charge on any atom is -0.476 e. The predicted molar refractivity (Wildman–Crippen MR) is 124 cm³/mol. The Morgan fingerprint density at radius 3 is 2.44 bits per heavy atom. The molecule has 0 bridgehead atoms.